The Kier molecular flexibility index (Phi) is 4.71. The summed E-state index contributed by atoms with van der Waals surface area (Å²) in [7, 11) is 1.66. The van der Waals surface area contributed by atoms with Gasteiger partial charge in [0.05, 0.1) is 12.1 Å². The van der Waals surface area contributed by atoms with Crippen LogP contribution in [0.4, 0.5) is 4.39 Å². The van der Waals surface area contributed by atoms with Crippen molar-refractivity contribution in [3.8, 4) is 11.4 Å². The third kappa shape index (κ3) is 3.97. The predicted molar refractivity (Wildman–Crippen MR) is 89.3 cm³/mol. The van der Waals surface area contributed by atoms with Gasteiger partial charge in [-0.05, 0) is 42.0 Å². The molecule has 128 valence electrons. The van der Waals surface area contributed by atoms with Gasteiger partial charge < -0.3 is 5.32 Å². The molecule has 2 aromatic heterocycles. The van der Waals surface area contributed by atoms with Crippen LogP contribution in [0.1, 0.15) is 21.7 Å². The van der Waals surface area contributed by atoms with Crippen molar-refractivity contribution in [1.82, 2.24) is 30.5 Å². The monoisotopic (exact) mass is 360 g/mol. The van der Waals surface area contributed by atoms with Gasteiger partial charge in [-0.2, -0.15) is 4.80 Å². The molecule has 0 aliphatic heterocycles. The highest BCUT2D eigenvalue weighted by molar-refractivity contribution is 6.30. The summed E-state index contributed by atoms with van der Waals surface area (Å²) < 4.78 is 13.2. The van der Waals surface area contributed by atoms with Gasteiger partial charge in [-0.1, -0.05) is 17.7 Å². The number of aromatic nitrogens is 5. The summed E-state index contributed by atoms with van der Waals surface area (Å²) in [4.78, 5) is 17.9. The van der Waals surface area contributed by atoms with Crippen molar-refractivity contribution in [2.45, 2.75) is 13.5 Å². The molecule has 1 amide bonds. The molecule has 1 aromatic carbocycles. The molecule has 3 aromatic rings. The minimum atomic E-state index is -0.502. The number of tetrazole rings is 1. The number of rotatable bonds is 4. The van der Waals surface area contributed by atoms with E-state index in [-0.39, 0.29) is 23.2 Å². The van der Waals surface area contributed by atoms with E-state index in [1.807, 2.05) is 0 Å². The lowest BCUT2D eigenvalue weighted by atomic mass is 10.1. The third-order valence-electron chi connectivity index (χ3n) is 3.39. The molecule has 0 unspecified atom stereocenters. The van der Waals surface area contributed by atoms with Crippen LogP contribution in [0.2, 0.25) is 5.02 Å². The second-order valence-electron chi connectivity index (χ2n) is 5.42. The Labute approximate surface area is 147 Å². The maximum Gasteiger partial charge on any atom is 0.270 e. The van der Waals surface area contributed by atoms with E-state index < -0.39 is 5.82 Å². The van der Waals surface area contributed by atoms with Crippen LogP contribution in [0.25, 0.3) is 11.4 Å². The number of amides is 1. The first-order chi connectivity index (χ1) is 11.9. The van der Waals surface area contributed by atoms with Crippen LogP contribution in [0.15, 0.2) is 30.3 Å². The third-order valence-corrected chi connectivity index (χ3v) is 3.68. The molecule has 1 N–H and O–H groups in total. The Morgan fingerprint density at radius 3 is 2.80 bits per heavy atom. The Bertz CT molecular complexity index is 942. The quantitative estimate of drug-likeness (QED) is 0.771. The van der Waals surface area contributed by atoms with Crippen molar-refractivity contribution in [3.63, 3.8) is 0 Å². The zero-order chi connectivity index (χ0) is 18.0. The minimum absolute atomic E-state index is 0.0106. The summed E-state index contributed by atoms with van der Waals surface area (Å²) in [5, 5.41) is 14.6. The predicted octanol–water partition coefficient (Wildman–Crippen LogP) is 2.30. The van der Waals surface area contributed by atoms with E-state index in [4.69, 9.17) is 11.6 Å². The summed E-state index contributed by atoms with van der Waals surface area (Å²) in [6, 6.07) is 7.65. The second kappa shape index (κ2) is 6.94. The molecule has 0 saturated heterocycles. The number of carbonyl (C=O) groups is 1. The molecule has 0 aliphatic rings. The van der Waals surface area contributed by atoms with Crippen LogP contribution in [0, 0.1) is 12.7 Å². The van der Waals surface area contributed by atoms with Gasteiger partial charge in [0.15, 0.2) is 0 Å². The van der Waals surface area contributed by atoms with E-state index >= 15 is 0 Å². The van der Waals surface area contributed by atoms with Gasteiger partial charge in [0.2, 0.25) is 5.82 Å². The van der Waals surface area contributed by atoms with Crippen molar-refractivity contribution >= 4 is 17.5 Å². The summed E-state index contributed by atoms with van der Waals surface area (Å²) in [5.41, 5.74) is 2.22. The summed E-state index contributed by atoms with van der Waals surface area (Å²) in [6.45, 7) is 1.98. The number of pyridine rings is 1. The average molecular weight is 361 g/mol. The lowest BCUT2D eigenvalue weighted by Crippen LogP contribution is -2.24. The fourth-order valence-electron chi connectivity index (χ4n) is 2.24. The number of hydrogen-bond donors (Lipinski definition) is 1. The highest BCUT2D eigenvalue weighted by Gasteiger charge is 2.13. The Balaban J connectivity index is 1.77. The molecule has 9 heteroatoms. The Morgan fingerprint density at radius 1 is 1.32 bits per heavy atom. The van der Waals surface area contributed by atoms with Crippen LogP contribution < -0.4 is 5.32 Å². The zero-order valence-electron chi connectivity index (χ0n) is 13.5. The van der Waals surface area contributed by atoms with Crippen molar-refractivity contribution < 1.29 is 9.18 Å². The average Bonchev–Trinajstić information content (AvgIpc) is 3.01. The molecule has 0 atom stereocenters. The maximum absolute atomic E-state index is 13.2. The van der Waals surface area contributed by atoms with Crippen LogP contribution in [-0.2, 0) is 13.6 Å². The molecule has 2 heterocycles. The van der Waals surface area contributed by atoms with Gasteiger partial charge in [0.1, 0.15) is 11.5 Å². The molecule has 0 spiro atoms. The highest BCUT2D eigenvalue weighted by atomic mass is 35.5. The smallest absolute Gasteiger partial charge is 0.270 e. The van der Waals surface area contributed by atoms with E-state index in [0.29, 0.717) is 22.6 Å². The highest BCUT2D eigenvalue weighted by Crippen LogP contribution is 2.17. The summed E-state index contributed by atoms with van der Waals surface area (Å²) in [6.07, 6.45) is 0. The number of aryl methyl sites for hydroxylation is 2. The Hall–Kier alpha value is -2.87. The molecule has 0 saturated carbocycles. The van der Waals surface area contributed by atoms with Crippen LogP contribution in [0.3, 0.4) is 0 Å². The second-order valence-corrected chi connectivity index (χ2v) is 5.82. The fraction of sp³-hybridized carbons (Fsp3) is 0.188. The van der Waals surface area contributed by atoms with Crippen LogP contribution in [-0.4, -0.2) is 31.1 Å². The summed E-state index contributed by atoms with van der Waals surface area (Å²) >= 11 is 5.74. The molecular weight excluding hydrogens is 347 g/mol. The van der Waals surface area contributed by atoms with Crippen molar-refractivity contribution in [2.24, 2.45) is 7.05 Å². The normalized spacial score (nSPS) is 10.7. The summed E-state index contributed by atoms with van der Waals surface area (Å²) in [5.74, 6) is -0.458. The number of carbonyl (C=O) groups excluding carboxylic acids is 1. The van der Waals surface area contributed by atoms with E-state index in [1.165, 1.54) is 16.9 Å². The fourth-order valence-corrected chi connectivity index (χ4v) is 2.44. The van der Waals surface area contributed by atoms with E-state index in [1.54, 1.807) is 32.2 Å². The largest absolute Gasteiger partial charge is 0.347 e. The number of nitrogens with one attached hydrogen (secondary N) is 1. The number of benzene rings is 1. The van der Waals surface area contributed by atoms with E-state index in [2.05, 4.69) is 25.7 Å². The van der Waals surface area contributed by atoms with Crippen molar-refractivity contribution in [3.05, 3.63) is 58.1 Å². The first-order valence-corrected chi connectivity index (χ1v) is 7.75. The zero-order valence-corrected chi connectivity index (χ0v) is 14.3. The molecule has 0 radical (unpaired) electrons. The van der Waals surface area contributed by atoms with E-state index in [0.717, 1.165) is 0 Å². The lowest BCUT2D eigenvalue weighted by molar-refractivity contribution is 0.0945. The molecular formula is C16H14ClFN6O. The first kappa shape index (κ1) is 17.0. The molecule has 0 aliphatic carbocycles. The van der Waals surface area contributed by atoms with Crippen LogP contribution >= 0.6 is 11.6 Å². The van der Waals surface area contributed by atoms with Gasteiger partial charge in [-0.3, -0.25) is 4.79 Å². The molecule has 7 nitrogen and oxygen atoms in total. The molecule has 0 bridgehead atoms. The van der Waals surface area contributed by atoms with E-state index in [9.17, 15) is 9.18 Å². The van der Waals surface area contributed by atoms with Gasteiger partial charge in [-0.25, -0.2) is 9.37 Å². The first-order valence-electron chi connectivity index (χ1n) is 7.37. The van der Waals surface area contributed by atoms with Gasteiger partial charge >= 0.3 is 0 Å². The number of hydrogen-bond acceptors (Lipinski definition) is 5. The van der Waals surface area contributed by atoms with Crippen LogP contribution in [0.5, 0.6) is 0 Å². The van der Waals surface area contributed by atoms with Gasteiger partial charge in [0, 0.05) is 17.8 Å². The number of halogens is 2. The Morgan fingerprint density at radius 2 is 2.12 bits per heavy atom. The molecule has 25 heavy (non-hydrogen) atoms. The van der Waals surface area contributed by atoms with Gasteiger partial charge in [-0.15, -0.1) is 10.2 Å². The lowest BCUT2D eigenvalue weighted by Gasteiger charge is -2.07. The maximum atomic E-state index is 13.2. The standard InChI is InChI=1S/C16H14ClFN6O/c1-9-5-11(15-21-23-24(2)22-15)7-14(20-9)16(25)19-8-10-3-4-13(18)12(17)6-10/h3-7H,8H2,1-2H3,(H,19,25). The topological polar surface area (TPSA) is 85.6 Å². The van der Waals surface area contributed by atoms with Gasteiger partial charge in [0.25, 0.3) is 5.91 Å². The molecule has 0 fully saturated rings. The SMILES string of the molecule is Cc1cc(-c2nnn(C)n2)cc(C(=O)NCc2ccc(F)c(Cl)c2)n1. The van der Waals surface area contributed by atoms with Crippen molar-refractivity contribution in [1.29, 1.82) is 0 Å². The number of nitrogens with zero attached hydrogens (tertiary/aromatic N) is 5. The minimum Gasteiger partial charge on any atom is -0.347 e. The van der Waals surface area contributed by atoms with Crippen molar-refractivity contribution in [2.75, 3.05) is 0 Å². The molecule has 3 rings (SSSR count).